The monoisotopic (exact) mass is 382 g/mol. The van der Waals surface area contributed by atoms with Gasteiger partial charge in [-0.15, -0.1) is 21.9 Å². The predicted molar refractivity (Wildman–Crippen MR) is 98.4 cm³/mol. The number of para-hydroxylation sites is 1. The van der Waals surface area contributed by atoms with Crippen molar-refractivity contribution < 1.29 is 4.79 Å². The highest BCUT2D eigenvalue weighted by molar-refractivity contribution is 7.99. The first-order valence-electron chi connectivity index (χ1n) is 7.89. The third kappa shape index (κ3) is 3.42. The number of amides is 1. The quantitative estimate of drug-likeness (QED) is 0.358. The van der Waals surface area contributed by atoms with Gasteiger partial charge in [0.25, 0.3) is 5.95 Å². The minimum atomic E-state index is -0.238. The normalized spacial score (nSPS) is 11.0. The Morgan fingerprint density at radius 3 is 3.00 bits per heavy atom. The molecule has 0 atom stereocenters. The number of anilines is 1. The molecule has 4 rings (SSSR count). The second kappa shape index (κ2) is 7.37. The summed E-state index contributed by atoms with van der Waals surface area (Å²) in [7, 11) is 0. The number of hydrogen-bond donors (Lipinski definition) is 2. The number of thioether (sulfide) groups is 1. The minimum absolute atomic E-state index is 0.133. The van der Waals surface area contributed by atoms with Gasteiger partial charge in [-0.25, -0.2) is 5.10 Å². The number of allylic oxidation sites excluding steroid dienone is 1. The third-order valence-corrected chi connectivity index (χ3v) is 4.52. The largest absolute Gasteiger partial charge is 0.294 e. The lowest BCUT2D eigenvalue weighted by atomic mass is 10.3. The van der Waals surface area contributed by atoms with Crippen molar-refractivity contribution in [3.63, 3.8) is 0 Å². The van der Waals surface area contributed by atoms with Crippen LogP contribution in [-0.4, -0.2) is 56.6 Å². The highest BCUT2D eigenvalue weighted by Gasteiger charge is 2.18. The molecule has 0 saturated carbocycles. The van der Waals surface area contributed by atoms with Crippen LogP contribution in [-0.2, 0) is 11.3 Å². The average Bonchev–Trinajstić information content (AvgIpc) is 3.40. The number of carbonyl (C=O) groups excluding carboxylic acids is 1. The van der Waals surface area contributed by atoms with Crippen molar-refractivity contribution in [1.82, 2.24) is 44.9 Å². The lowest BCUT2D eigenvalue weighted by molar-refractivity contribution is -0.113. The van der Waals surface area contributed by atoms with Crippen molar-refractivity contribution in [2.24, 2.45) is 0 Å². The number of benzene rings is 1. The van der Waals surface area contributed by atoms with Crippen LogP contribution in [0.3, 0.4) is 0 Å². The van der Waals surface area contributed by atoms with E-state index in [2.05, 4.69) is 47.6 Å². The van der Waals surface area contributed by atoms with Gasteiger partial charge in [0.05, 0.1) is 11.3 Å². The first-order valence-corrected chi connectivity index (χ1v) is 8.88. The van der Waals surface area contributed by atoms with Crippen LogP contribution in [0.15, 0.2) is 48.4 Å². The van der Waals surface area contributed by atoms with Gasteiger partial charge in [-0.05, 0) is 12.1 Å². The smallest absolute Gasteiger partial charge is 0.255 e. The van der Waals surface area contributed by atoms with Crippen LogP contribution in [0.25, 0.3) is 17.0 Å². The number of H-pyrrole nitrogens is 1. The van der Waals surface area contributed by atoms with E-state index < -0.39 is 0 Å². The molecule has 0 saturated heterocycles. The molecule has 4 aromatic rings. The average molecular weight is 382 g/mol. The van der Waals surface area contributed by atoms with E-state index in [0.717, 1.165) is 11.0 Å². The number of carbonyl (C=O) groups is 1. The number of nitrogens with zero attached hydrogens (tertiary/aromatic N) is 8. The highest BCUT2D eigenvalue weighted by atomic mass is 32.2. The van der Waals surface area contributed by atoms with Crippen LogP contribution in [0.5, 0.6) is 0 Å². The summed E-state index contributed by atoms with van der Waals surface area (Å²) < 4.78 is 3.44. The van der Waals surface area contributed by atoms with Crippen molar-refractivity contribution >= 4 is 34.7 Å². The first kappa shape index (κ1) is 16.9. The Morgan fingerprint density at radius 2 is 2.19 bits per heavy atom. The van der Waals surface area contributed by atoms with Gasteiger partial charge in [0.15, 0.2) is 5.16 Å². The summed E-state index contributed by atoms with van der Waals surface area (Å²) in [6.45, 7) is 4.24. The standard InChI is InChI=1S/C15H14N10OS/c1-2-7-24-14(25-11-6-4-3-5-10(11)19-23-25)21-22-15(24)27-8-12(26)18-13-16-9-17-20-13/h2-6,9H,1,7-8H2,(H2,16,17,18,20,26). The van der Waals surface area contributed by atoms with E-state index in [1.165, 1.54) is 18.1 Å². The van der Waals surface area contributed by atoms with Gasteiger partial charge in [-0.2, -0.15) is 14.8 Å². The molecule has 136 valence electrons. The van der Waals surface area contributed by atoms with Crippen LogP contribution >= 0.6 is 11.8 Å². The second-order valence-corrected chi connectivity index (χ2v) is 6.29. The molecular formula is C15H14N10OS. The van der Waals surface area contributed by atoms with E-state index in [1.54, 1.807) is 10.8 Å². The minimum Gasteiger partial charge on any atom is -0.294 e. The predicted octanol–water partition coefficient (Wildman–Crippen LogP) is 1.05. The SMILES string of the molecule is C=CCn1c(SCC(=O)Nc2ncn[nH]2)nnc1-n1nnc2ccccc21. The Labute approximate surface area is 156 Å². The summed E-state index contributed by atoms with van der Waals surface area (Å²) in [4.78, 5) is 15.9. The van der Waals surface area contributed by atoms with E-state index >= 15 is 0 Å². The fourth-order valence-electron chi connectivity index (χ4n) is 2.41. The number of aromatic nitrogens is 9. The number of nitrogens with one attached hydrogen (secondary N) is 2. The van der Waals surface area contributed by atoms with E-state index in [-0.39, 0.29) is 11.7 Å². The molecular weight excluding hydrogens is 368 g/mol. The van der Waals surface area contributed by atoms with E-state index in [4.69, 9.17) is 0 Å². The molecule has 1 aromatic carbocycles. The number of fused-ring (bicyclic) bond motifs is 1. The van der Waals surface area contributed by atoms with Crippen LogP contribution in [0, 0.1) is 0 Å². The first-order chi connectivity index (χ1) is 13.3. The molecule has 12 heteroatoms. The van der Waals surface area contributed by atoms with Crippen molar-refractivity contribution in [2.45, 2.75) is 11.7 Å². The summed E-state index contributed by atoms with van der Waals surface area (Å²) in [5.74, 6) is 0.691. The number of hydrogen-bond acceptors (Lipinski definition) is 8. The van der Waals surface area contributed by atoms with Crippen LogP contribution < -0.4 is 5.32 Å². The molecule has 2 N–H and O–H groups in total. The van der Waals surface area contributed by atoms with Crippen LogP contribution in [0.2, 0.25) is 0 Å². The Balaban J connectivity index is 1.57. The molecule has 3 heterocycles. The lowest BCUT2D eigenvalue weighted by Crippen LogP contribution is -2.16. The van der Waals surface area contributed by atoms with E-state index in [9.17, 15) is 4.79 Å². The summed E-state index contributed by atoms with van der Waals surface area (Å²) in [5.41, 5.74) is 1.57. The lowest BCUT2D eigenvalue weighted by Gasteiger charge is -2.07. The maximum absolute atomic E-state index is 12.0. The molecule has 0 spiro atoms. The summed E-state index contributed by atoms with van der Waals surface area (Å²) >= 11 is 1.25. The van der Waals surface area contributed by atoms with Gasteiger partial charge in [0.1, 0.15) is 11.8 Å². The fourth-order valence-corrected chi connectivity index (χ4v) is 3.16. The topological polar surface area (TPSA) is 132 Å². The zero-order valence-corrected chi connectivity index (χ0v) is 14.8. The molecule has 3 aromatic heterocycles. The van der Waals surface area contributed by atoms with Gasteiger partial charge in [0, 0.05) is 6.54 Å². The van der Waals surface area contributed by atoms with Gasteiger partial charge in [-0.1, -0.05) is 35.2 Å². The molecule has 27 heavy (non-hydrogen) atoms. The Kier molecular flexibility index (Phi) is 4.61. The van der Waals surface area contributed by atoms with Gasteiger partial charge in [0.2, 0.25) is 11.9 Å². The van der Waals surface area contributed by atoms with Gasteiger partial charge >= 0.3 is 0 Å². The van der Waals surface area contributed by atoms with E-state index in [0.29, 0.717) is 23.6 Å². The maximum atomic E-state index is 12.0. The second-order valence-electron chi connectivity index (χ2n) is 5.34. The number of aromatic amines is 1. The zero-order chi connectivity index (χ0) is 18.6. The Bertz CT molecular complexity index is 1080. The highest BCUT2D eigenvalue weighted by Crippen LogP contribution is 2.21. The molecule has 0 aliphatic carbocycles. The summed E-state index contributed by atoms with van der Waals surface area (Å²) in [5, 5.41) is 26.1. The maximum Gasteiger partial charge on any atom is 0.255 e. The van der Waals surface area contributed by atoms with Gasteiger partial charge in [-0.3, -0.25) is 14.7 Å². The van der Waals surface area contributed by atoms with Crippen molar-refractivity contribution in [1.29, 1.82) is 0 Å². The zero-order valence-electron chi connectivity index (χ0n) is 14.0. The molecule has 0 fully saturated rings. The molecule has 1 amide bonds. The van der Waals surface area contributed by atoms with Crippen molar-refractivity contribution in [2.75, 3.05) is 11.1 Å². The summed E-state index contributed by atoms with van der Waals surface area (Å²) in [6, 6.07) is 7.57. The van der Waals surface area contributed by atoms with Crippen LogP contribution in [0.4, 0.5) is 5.95 Å². The molecule has 0 aliphatic heterocycles. The Hall–Kier alpha value is -3.54. The van der Waals surface area contributed by atoms with Gasteiger partial charge < -0.3 is 0 Å². The van der Waals surface area contributed by atoms with Crippen molar-refractivity contribution in [3.05, 3.63) is 43.2 Å². The van der Waals surface area contributed by atoms with Crippen molar-refractivity contribution in [3.8, 4) is 5.95 Å². The Morgan fingerprint density at radius 1 is 1.30 bits per heavy atom. The molecule has 11 nitrogen and oxygen atoms in total. The fraction of sp³-hybridized carbons (Fsp3) is 0.133. The summed E-state index contributed by atoms with van der Waals surface area (Å²) in [6.07, 6.45) is 3.04. The molecule has 0 bridgehead atoms. The van der Waals surface area contributed by atoms with Crippen LogP contribution in [0.1, 0.15) is 0 Å². The molecule has 0 unspecified atom stereocenters. The molecule has 0 aliphatic rings. The van der Waals surface area contributed by atoms with E-state index in [1.807, 2.05) is 28.8 Å². The number of rotatable bonds is 7. The molecule has 0 radical (unpaired) electrons. The third-order valence-electron chi connectivity index (χ3n) is 3.56.